The molecule has 1 atom stereocenters. The van der Waals surface area contributed by atoms with E-state index >= 15 is 0 Å². The topological polar surface area (TPSA) is 62.1 Å². The van der Waals surface area contributed by atoms with Gasteiger partial charge in [-0.1, -0.05) is 17.7 Å². The van der Waals surface area contributed by atoms with Crippen molar-refractivity contribution in [3.05, 3.63) is 56.9 Å². The fraction of sp³-hybridized carbons (Fsp3) is 0.278. The van der Waals surface area contributed by atoms with Gasteiger partial charge in [0.1, 0.15) is 6.04 Å². The minimum atomic E-state index is -0.0704. The number of thiophene rings is 1. The fourth-order valence-corrected chi connectivity index (χ4v) is 4.56. The van der Waals surface area contributed by atoms with Crippen molar-refractivity contribution in [2.45, 2.75) is 18.9 Å². The molecule has 0 saturated heterocycles. The van der Waals surface area contributed by atoms with Gasteiger partial charge in [0.2, 0.25) is 5.91 Å². The maximum Gasteiger partial charge on any atom is 0.224 e. The van der Waals surface area contributed by atoms with Crippen molar-refractivity contribution in [2.75, 3.05) is 13.1 Å². The third kappa shape index (κ3) is 2.53. The molecule has 3 N–H and O–H groups in total. The van der Waals surface area contributed by atoms with E-state index in [1.807, 2.05) is 29.2 Å². The maximum absolute atomic E-state index is 12.6. The Balaban J connectivity index is 1.87. The number of nitrogens with one attached hydrogen (secondary N) is 1. The molecule has 24 heavy (non-hydrogen) atoms. The average molecular weight is 360 g/mol. The summed E-state index contributed by atoms with van der Waals surface area (Å²) in [4.78, 5) is 19.3. The highest BCUT2D eigenvalue weighted by atomic mass is 35.5. The van der Waals surface area contributed by atoms with Gasteiger partial charge in [-0.3, -0.25) is 4.79 Å². The van der Waals surface area contributed by atoms with Crippen molar-refractivity contribution >= 4 is 39.7 Å². The lowest BCUT2D eigenvalue weighted by molar-refractivity contribution is -0.133. The summed E-state index contributed by atoms with van der Waals surface area (Å²) in [6, 6.07) is 9.95. The van der Waals surface area contributed by atoms with E-state index in [2.05, 4.69) is 16.4 Å². The molecule has 0 radical (unpaired) electrons. The summed E-state index contributed by atoms with van der Waals surface area (Å²) in [6.07, 6.45) is 1.21. The van der Waals surface area contributed by atoms with Crippen LogP contribution in [0, 0.1) is 0 Å². The van der Waals surface area contributed by atoms with Crippen molar-refractivity contribution in [3.63, 3.8) is 0 Å². The van der Waals surface area contributed by atoms with E-state index in [1.54, 1.807) is 11.3 Å². The number of fused-ring (bicyclic) bond motifs is 3. The number of hydrogen-bond donors (Lipinski definition) is 2. The SMILES string of the molecule is NCCC(=O)N1CCc2c([nH]c3ccc(Cl)cc23)C1c1cccs1. The number of benzene rings is 1. The molecule has 1 aromatic carbocycles. The number of amides is 1. The van der Waals surface area contributed by atoms with Gasteiger partial charge in [-0.15, -0.1) is 11.3 Å². The molecule has 1 aliphatic heterocycles. The first-order valence-electron chi connectivity index (χ1n) is 8.02. The minimum Gasteiger partial charge on any atom is -0.356 e. The van der Waals surface area contributed by atoms with E-state index in [4.69, 9.17) is 17.3 Å². The molecular formula is C18H18ClN3OS. The van der Waals surface area contributed by atoms with E-state index in [9.17, 15) is 4.79 Å². The number of carbonyl (C=O) groups excluding carboxylic acids is 1. The molecular weight excluding hydrogens is 342 g/mol. The highest BCUT2D eigenvalue weighted by Gasteiger charge is 2.34. The molecule has 2 aromatic heterocycles. The first kappa shape index (κ1) is 15.7. The van der Waals surface area contributed by atoms with Gasteiger partial charge < -0.3 is 15.6 Å². The molecule has 0 bridgehead atoms. The summed E-state index contributed by atoms with van der Waals surface area (Å²) in [5, 5.41) is 3.94. The summed E-state index contributed by atoms with van der Waals surface area (Å²) in [6.45, 7) is 1.08. The Hall–Kier alpha value is -1.82. The zero-order valence-corrected chi connectivity index (χ0v) is 14.7. The lowest BCUT2D eigenvalue weighted by Gasteiger charge is -2.35. The molecule has 0 aliphatic carbocycles. The van der Waals surface area contributed by atoms with Crippen molar-refractivity contribution in [1.82, 2.24) is 9.88 Å². The van der Waals surface area contributed by atoms with E-state index in [0.29, 0.717) is 19.5 Å². The molecule has 0 saturated carbocycles. The third-order valence-electron chi connectivity index (χ3n) is 4.58. The summed E-state index contributed by atoms with van der Waals surface area (Å²) in [5.41, 5.74) is 9.04. The highest BCUT2D eigenvalue weighted by molar-refractivity contribution is 7.10. The summed E-state index contributed by atoms with van der Waals surface area (Å²) in [7, 11) is 0. The van der Waals surface area contributed by atoms with Gasteiger partial charge in [-0.2, -0.15) is 0 Å². The second kappa shape index (κ2) is 6.24. The van der Waals surface area contributed by atoms with Crippen LogP contribution in [0.4, 0.5) is 0 Å². The number of rotatable bonds is 3. The number of aromatic nitrogens is 1. The van der Waals surface area contributed by atoms with E-state index in [0.717, 1.165) is 28.0 Å². The first-order valence-corrected chi connectivity index (χ1v) is 9.27. The number of nitrogens with two attached hydrogens (primary N) is 1. The largest absolute Gasteiger partial charge is 0.356 e. The van der Waals surface area contributed by atoms with Crippen LogP contribution in [-0.2, 0) is 11.2 Å². The Labute approximate surface area is 149 Å². The Bertz CT molecular complexity index is 887. The van der Waals surface area contributed by atoms with Crippen LogP contribution in [0.3, 0.4) is 0 Å². The first-order chi connectivity index (χ1) is 11.7. The van der Waals surface area contributed by atoms with Crippen molar-refractivity contribution in [3.8, 4) is 0 Å². The average Bonchev–Trinajstić information content (AvgIpc) is 3.21. The van der Waals surface area contributed by atoms with Gasteiger partial charge in [0.05, 0.1) is 0 Å². The number of H-pyrrole nitrogens is 1. The number of hydrogen-bond acceptors (Lipinski definition) is 3. The molecule has 4 nitrogen and oxygen atoms in total. The molecule has 1 unspecified atom stereocenters. The summed E-state index contributed by atoms with van der Waals surface area (Å²) < 4.78 is 0. The van der Waals surface area contributed by atoms with Crippen molar-refractivity contribution < 1.29 is 4.79 Å². The zero-order chi connectivity index (χ0) is 16.7. The van der Waals surface area contributed by atoms with Crippen LogP contribution in [0.2, 0.25) is 5.02 Å². The van der Waals surface area contributed by atoms with E-state index < -0.39 is 0 Å². The van der Waals surface area contributed by atoms with Gasteiger partial charge in [-0.25, -0.2) is 0 Å². The van der Waals surface area contributed by atoms with Gasteiger partial charge in [0.25, 0.3) is 0 Å². The monoisotopic (exact) mass is 359 g/mol. The van der Waals surface area contributed by atoms with Gasteiger partial charge in [0.15, 0.2) is 0 Å². The van der Waals surface area contributed by atoms with E-state index in [1.165, 1.54) is 10.4 Å². The normalized spacial score (nSPS) is 17.2. The lowest BCUT2D eigenvalue weighted by Crippen LogP contribution is -2.41. The molecule has 0 fully saturated rings. The predicted molar refractivity (Wildman–Crippen MR) is 98.6 cm³/mol. The molecule has 0 spiro atoms. The van der Waals surface area contributed by atoms with Gasteiger partial charge in [-0.05, 0) is 41.6 Å². The van der Waals surface area contributed by atoms with Crippen LogP contribution in [-0.4, -0.2) is 28.9 Å². The van der Waals surface area contributed by atoms with Crippen molar-refractivity contribution in [1.29, 1.82) is 0 Å². The molecule has 4 rings (SSSR count). The molecule has 6 heteroatoms. The maximum atomic E-state index is 12.6. The lowest BCUT2D eigenvalue weighted by atomic mass is 9.96. The molecule has 1 aliphatic rings. The predicted octanol–water partition coefficient (Wildman–Crippen LogP) is 3.71. The smallest absolute Gasteiger partial charge is 0.224 e. The van der Waals surface area contributed by atoms with Crippen LogP contribution >= 0.6 is 22.9 Å². The Kier molecular flexibility index (Phi) is 4.08. The van der Waals surface area contributed by atoms with Gasteiger partial charge >= 0.3 is 0 Å². The third-order valence-corrected chi connectivity index (χ3v) is 5.74. The second-order valence-electron chi connectivity index (χ2n) is 6.00. The molecule has 3 aromatic rings. The standard InChI is InChI=1S/C18H18ClN3OS/c19-11-3-4-14-13(10-11)12-6-8-22(16(23)5-7-20)18(17(12)21-14)15-2-1-9-24-15/h1-4,9-10,18,21H,5-8,20H2. The van der Waals surface area contributed by atoms with Crippen LogP contribution in [0.5, 0.6) is 0 Å². The summed E-state index contributed by atoms with van der Waals surface area (Å²) in [5.74, 6) is 0.109. The van der Waals surface area contributed by atoms with Crippen LogP contribution in [0.15, 0.2) is 35.7 Å². The molecule has 3 heterocycles. The Morgan fingerprint density at radius 3 is 3.04 bits per heavy atom. The van der Waals surface area contributed by atoms with E-state index in [-0.39, 0.29) is 11.9 Å². The quantitative estimate of drug-likeness (QED) is 0.748. The Morgan fingerprint density at radius 1 is 1.42 bits per heavy atom. The van der Waals surface area contributed by atoms with Crippen LogP contribution in [0.1, 0.15) is 28.6 Å². The number of halogens is 1. The zero-order valence-electron chi connectivity index (χ0n) is 13.1. The molecule has 124 valence electrons. The number of carbonyl (C=O) groups is 1. The van der Waals surface area contributed by atoms with Crippen molar-refractivity contribution in [2.24, 2.45) is 5.73 Å². The minimum absolute atomic E-state index is 0.0704. The second-order valence-corrected chi connectivity index (χ2v) is 7.42. The fourth-order valence-electron chi connectivity index (χ4n) is 3.54. The molecule has 1 amide bonds. The summed E-state index contributed by atoms with van der Waals surface area (Å²) >= 11 is 7.86. The number of nitrogens with zero attached hydrogens (tertiary/aromatic N) is 1. The highest BCUT2D eigenvalue weighted by Crippen LogP contribution is 2.40. The van der Waals surface area contributed by atoms with Gasteiger partial charge in [0, 0.05) is 46.0 Å². The number of aromatic amines is 1. The Morgan fingerprint density at radius 2 is 2.29 bits per heavy atom. The van der Waals surface area contributed by atoms with Crippen LogP contribution in [0.25, 0.3) is 10.9 Å². The van der Waals surface area contributed by atoms with Crippen LogP contribution < -0.4 is 5.73 Å².